The highest BCUT2D eigenvalue weighted by Crippen LogP contribution is 2.37. The van der Waals surface area contributed by atoms with Crippen LogP contribution in [0.2, 0.25) is 0 Å². The van der Waals surface area contributed by atoms with Crippen LogP contribution in [0.1, 0.15) is 18.2 Å². The van der Waals surface area contributed by atoms with Gasteiger partial charge in [-0.05, 0) is 43.7 Å². The number of benzene rings is 2. The number of carbonyl (C=O) groups excluding carboxylic acids is 1. The highest BCUT2D eigenvalue weighted by Gasteiger charge is 2.16. The first-order chi connectivity index (χ1) is 14.8. The van der Waals surface area contributed by atoms with E-state index in [1.54, 1.807) is 31.2 Å². The molecule has 1 amide bonds. The van der Waals surface area contributed by atoms with E-state index < -0.39 is 11.9 Å². The molecule has 2 aromatic carbocycles. The molecule has 3 rings (SSSR count). The van der Waals surface area contributed by atoms with Gasteiger partial charge in [0, 0.05) is 12.6 Å². The molecule has 31 heavy (non-hydrogen) atoms. The van der Waals surface area contributed by atoms with E-state index in [1.165, 1.54) is 35.6 Å². The van der Waals surface area contributed by atoms with Crippen LogP contribution in [-0.2, 0) is 11.3 Å². The molecule has 0 spiro atoms. The minimum Gasteiger partial charge on any atom is -0.496 e. The number of rotatable bonds is 7. The fourth-order valence-corrected chi connectivity index (χ4v) is 3.85. The fraction of sp³-hybridized carbons (Fsp3) is 0.238. The SMILES string of the molecule is CCN(N)c1ccc(COC(=O)Nc2sc(-c3ccc(F)cc3OC)nc2C)cc1N. The maximum Gasteiger partial charge on any atom is 0.412 e. The molecule has 0 saturated carbocycles. The number of anilines is 3. The number of thiazole rings is 1. The highest BCUT2D eigenvalue weighted by molar-refractivity contribution is 7.19. The molecule has 10 heteroatoms. The van der Waals surface area contributed by atoms with Gasteiger partial charge in [-0.3, -0.25) is 5.32 Å². The molecule has 0 aliphatic rings. The van der Waals surface area contributed by atoms with Crippen LogP contribution in [0, 0.1) is 12.7 Å². The van der Waals surface area contributed by atoms with Gasteiger partial charge in [-0.25, -0.2) is 20.0 Å². The molecule has 0 bridgehead atoms. The first kappa shape index (κ1) is 22.3. The van der Waals surface area contributed by atoms with E-state index in [-0.39, 0.29) is 6.61 Å². The molecule has 0 radical (unpaired) electrons. The third-order valence-electron chi connectivity index (χ3n) is 4.52. The van der Waals surface area contributed by atoms with Gasteiger partial charge in [0.2, 0.25) is 0 Å². The van der Waals surface area contributed by atoms with Gasteiger partial charge in [0.1, 0.15) is 28.2 Å². The lowest BCUT2D eigenvalue weighted by Crippen LogP contribution is -2.30. The summed E-state index contributed by atoms with van der Waals surface area (Å²) in [5.74, 6) is 5.82. The van der Waals surface area contributed by atoms with E-state index in [4.69, 9.17) is 21.1 Å². The van der Waals surface area contributed by atoms with Crippen LogP contribution in [-0.4, -0.2) is 24.7 Å². The number of aromatic nitrogens is 1. The summed E-state index contributed by atoms with van der Waals surface area (Å²) in [7, 11) is 1.46. The van der Waals surface area contributed by atoms with E-state index >= 15 is 0 Å². The van der Waals surface area contributed by atoms with Crippen LogP contribution in [0.25, 0.3) is 10.6 Å². The number of carbonyl (C=O) groups is 1. The van der Waals surface area contributed by atoms with E-state index in [0.29, 0.717) is 44.9 Å². The number of ether oxygens (including phenoxy) is 2. The van der Waals surface area contributed by atoms with Crippen molar-refractivity contribution in [3.8, 4) is 16.3 Å². The van der Waals surface area contributed by atoms with Crippen molar-refractivity contribution in [3.63, 3.8) is 0 Å². The Morgan fingerprint density at radius 3 is 2.74 bits per heavy atom. The number of nitrogens with two attached hydrogens (primary N) is 2. The maximum absolute atomic E-state index is 13.4. The molecular weight excluding hydrogens is 421 g/mol. The first-order valence-electron chi connectivity index (χ1n) is 9.48. The van der Waals surface area contributed by atoms with Crippen molar-refractivity contribution in [1.29, 1.82) is 0 Å². The van der Waals surface area contributed by atoms with Crippen molar-refractivity contribution >= 4 is 33.8 Å². The normalized spacial score (nSPS) is 10.6. The lowest BCUT2D eigenvalue weighted by atomic mass is 10.2. The summed E-state index contributed by atoms with van der Waals surface area (Å²) in [6, 6.07) is 9.50. The van der Waals surface area contributed by atoms with Gasteiger partial charge in [0.05, 0.1) is 29.7 Å². The largest absolute Gasteiger partial charge is 0.496 e. The summed E-state index contributed by atoms with van der Waals surface area (Å²) in [6.07, 6.45) is -0.624. The van der Waals surface area contributed by atoms with Crippen LogP contribution in [0.15, 0.2) is 36.4 Å². The molecule has 5 N–H and O–H groups in total. The van der Waals surface area contributed by atoms with Crippen molar-refractivity contribution in [1.82, 2.24) is 4.98 Å². The summed E-state index contributed by atoms with van der Waals surface area (Å²) >= 11 is 1.24. The Hall–Kier alpha value is -3.37. The topological polar surface area (TPSA) is 116 Å². The third kappa shape index (κ3) is 5.22. The Morgan fingerprint density at radius 2 is 2.06 bits per heavy atom. The number of nitrogens with zero attached hydrogens (tertiary/aromatic N) is 2. The zero-order valence-corrected chi connectivity index (χ0v) is 18.3. The Labute approximate surface area is 183 Å². The number of hydrazine groups is 1. The average molecular weight is 446 g/mol. The summed E-state index contributed by atoms with van der Waals surface area (Å²) in [5.41, 5.74) is 9.21. The van der Waals surface area contributed by atoms with Crippen LogP contribution < -0.4 is 26.6 Å². The number of amides is 1. The second-order valence-corrected chi connectivity index (χ2v) is 7.66. The Bertz CT molecular complexity index is 1090. The summed E-state index contributed by atoms with van der Waals surface area (Å²) in [6.45, 7) is 4.34. The lowest BCUT2D eigenvalue weighted by Gasteiger charge is -2.18. The molecule has 0 atom stereocenters. The third-order valence-corrected chi connectivity index (χ3v) is 5.62. The number of aryl methyl sites for hydroxylation is 1. The standard InChI is InChI=1S/C21H24FN5O3S/c1-4-27(24)17-8-5-13(9-16(17)23)11-30-21(28)26-19-12(2)25-20(31-19)15-7-6-14(22)10-18(15)29-3/h5-10H,4,11,23-24H2,1-3H3,(H,26,28). The van der Waals surface area contributed by atoms with Crippen molar-refractivity contribution in [2.75, 3.05) is 29.7 Å². The average Bonchev–Trinajstić information content (AvgIpc) is 3.11. The number of nitrogen functional groups attached to an aromatic ring is 1. The van der Waals surface area contributed by atoms with E-state index in [2.05, 4.69) is 10.3 Å². The predicted molar refractivity (Wildman–Crippen MR) is 121 cm³/mol. The first-order valence-corrected chi connectivity index (χ1v) is 10.3. The van der Waals surface area contributed by atoms with Gasteiger partial charge >= 0.3 is 6.09 Å². The minimum absolute atomic E-state index is 0.0451. The fourth-order valence-electron chi connectivity index (χ4n) is 2.87. The van der Waals surface area contributed by atoms with Crippen molar-refractivity contribution in [2.45, 2.75) is 20.5 Å². The molecule has 0 aliphatic carbocycles. The molecule has 0 aliphatic heterocycles. The molecule has 3 aromatic rings. The smallest absolute Gasteiger partial charge is 0.412 e. The monoisotopic (exact) mass is 445 g/mol. The number of nitrogens with one attached hydrogen (secondary N) is 1. The van der Waals surface area contributed by atoms with E-state index in [0.717, 1.165) is 5.56 Å². The van der Waals surface area contributed by atoms with Crippen LogP contribution in [0.3, 0.4) is 0 Å². The molecule has 0 saturated heterocycles. The van der Waals surface area contributed by atoms with Gasteiger partial charge in [0.15, 0.2) is 0 Å². The second-order valence-electron chi connectivity index (χ2n) is 6.66. The van der Waals surface area contributed by atoms with Crippen LogP contribution in [0.4, 0.5) is 25.6 Å². The Kier molecular flexibility index (Phi) is 6.93. The highest BCUT2D eigenvalue weighted by atomic mass is 32.1. The molecule has 0 fully saturated rings. The number of halogens is 1. The number of hydrogen-bond donors (Lipinski definition) is 3. The molecule has 164 valence electrons. The van der Waals surface area contributed by atoms with Gasteiger partial charge in [-0.1, -0.05) is 17.4 Å². The van der Waals surface area contributed by atoms with E-state index in [1.807, 2.05) is 6.92 Å². The zero-order valence-electron chi connectivity index (χ0n) is 17.4. The Balaban J connectivity index is 1.66. The molecular formula is C21H24FN5O3S. The zero-order chi connectivity index (χ0) is 22.5. The molecule has 0 unspecified atom stereocenters. The molecule has 1 heterocycles. The summed E-state index contributed by atoms with van der Waals surface area (Å²) in [5, 5.41) is 5.35. The summed E-state index contributed by atoms with van der Waals surface area (Å²) < 4.78 is 24.0. The quantitative estimate of drug-likeness (QED) is 0.282. The van der Waals surface area contributed by atoms with Crippen molar-refractivity contribution in [3.05, 3.63) is 53.5 Å². The van der Waals surface area contributed by atoms with Crippen molar-refractivity contribution < 1.29 is 18.7 Å². The second kappa shape index (κ2) is 9.63. The summed E-state index contributed by atoms with van der Waals surface area (Å²) in [4.78, 5) is 16.7. The van der Waals surface area contributed by atoms with E-state index in [9.17, 15) is 9.18 Å². The number of hydrogen-bond acceptors (Lipinski definition) is 8. The maximum atomic E-state index is 13.4. The minimum atomic E-state index is -0.624. The molecule has 8 nitrogen and oxygen atoms in total. The van der Waals surface area contributed by atoms with Gasteiger partial charge in [-0.15, -0.1) is 0 Å². The Morgan fingerprint density at radius 1 is 1.29 bits per heavy atom. The van der Waals surface area contributed by atoms with Crippen LogP contribution >= 0.6 is 11.3 Å². The lowest BCUT2D eigenvalue weighted by molar-refractivity contribution is 0.155. The number of methoxy groups -OCH3 is 1. The van der Waals surface area contributed by atoms with Gasteiger partial charge in [-0.2, -0.15) is 0 Å². The van der Waals surface area contributed by atoms with Gasteiger partial charge < -0.3 is 20.2 Å². The molecule has 1 aromatic heterocycles. The van der Waals surface area contributed by atoms with Crippen LogP contribution in [0.5, 0.6) is 5.75 Å². The van der Waals surface area contributed by atoms with Crippen molar-refractivity contribution in [2.24, 2.45) is 5.84 Å². The van der Waals surface area contributed by atoms with Gasteiger partial charge in [0.25, 0.3) is 0 Å². The predicted octanol–water partition coefficient (Wildman–Crippen LogP) is 4.30.